The van der Waals surface area contributed by atoms with E-state index in [9.17, 15) is 4.79 Å². The Morgan fingerprint density at radius 3 is 1.83 bits per heavy atom. The third kappa shape index (κ3) is 11.1. The van der Waals surface area contributed by atoms with Crippen LogP contribution in [0, 0.1) is 0 Å². The summed E-state index contributed by atoms with van der Waals surface area (Å²) in [6.45, 7) is 6.32. The van der Waals surface area contributed by atoms with Gasteiger partial charge in [-0.05, 0) is 26.4 Å². The molecule has 0 radical (unpaired) electrons. The second-order valence-corrected chi connectivity index (χ2v) is 7.68. The number of carbonyl (C=O) groups excluding carboxylic acids is 1. The maximum Gasteiger partial charge on any atom is 0.222 e. The Morgan fingerprint density at radius 2 is 1.25 bits per heavy atom. The molecule has 0 spiro atoms. The van der Waals surface area contributed by atoms with Crippen LogP contribution in [-0.4, -0.2) is 48.9 Å². The van der Waals surface area contributed by atoms with Gasteiger partial charge in [0.1, 0.15) is 0 Å². The van der Waals surface area contributed by atoms with E-state index in [1.54, 1.807) is 0 Å². The van der Waals surface area contributed by atoms with Crippen LogP contribution in [0.2, 0.25) is 0 Å². The first-order chi connectivity index (χ1) is 11.7. The molecule has 1 amide bonds. The number of amides is 1. The molecule has 3 heteroatoms. The standard InChI is InChI=1S/C21H42N2O/c1-3-4-5-6-7-8-9-10-11-12-13-14-16-21(24)23-18-15-17-22(2)19-20-23/h3-20H2,1-2H3. The minimum Gasteiger partial charge on any atom is -0.341 e. The Morgan fingerprint density at radius 1 is 0.708 bits per heavy atom. The van der Waals surface area contributed by atoms with Gasteiger partial charge in [-0.15, -0.1) is 0 Å². The number of unbranched alkanes of at least 4 members (excludes halogenated alkanes) is 11. The van der Waals surface area contributed by atoms with Gasteiger partial charge in [0.05, 0.1) is 0 Å². The van der Waals surface area contributed by atoms with Crippen molar-refractivity contribution in [1.29, 1.82) is 0 Å². The third-order valence-electron chi connectivity index (χ3n) is 5.32. The Balaban J connectivity index is 1.86. The van der Waals surface area contributed by atoms with Crippen LogP contribution < -0.4 is 0 Å². The van der Waals surface area contributed by atoms with E-state index in [0.717, 1.165) is 45.4 Å². The second kappa shape index (κ2) is 14.7. The molecule has 0 aromatic carbocycles. The highest BCUT2D eigenvalue weighted by atomic mass is 16.2. The van der Waals surface area contributed by atoms with Gasteiger partial charge in [0, 0.05) is 26.1 Å². The van der Waals surface area contributed by atoms with Crippen LogP contribution in [0.1, 0.15) is 96.8 Å². The molecule has 142 valence electrons. The van der Waals surface area contributed by atoms with Gasteiger partial charge in [0.2, 0.25) is 5.91 Å². The molecule has 0 saturated carbocycles. The van der Waals surface area contributed by atoms with E-state index in [4.69, 9.17) is 0 Å². The first-order valence-corrected chi connectivity index (χ1v) is 10.7. The molecule has 1 fully saturated rings. The number of rotatable bonds is 13. The van der Waals surface area contributed by atoms with Crippen LogP contribution >= 0.6 is 0 Å². The molecule has 1 rings (SSSR count). The predicted molar refractivity (Wildman–Crippen MR) is 104 cm³/mol. The van der Waals surface area contributed by atoms with Crippen LogP contribution in [0.4, 0.5) is 0 Å². The average molecular weight is 339 g/mol. The molecule has 3 nitrogen and oxygen atoms in total. The van der Waals surface area contributed by atoms with Crippen molar-refractivity contribution in [3.05, 3.63) is 0 Å². The van der Waals surface area contributed by atoms with Gasteiger partial charge in [0.25, 0.3) is 0 Å². The van der Waals surface area contributed by atoms with E-state index < -0.39 is 0 Å². The van der Waals surface area contributed by atoms with E-state index in [-0.39, 0.29) is 0 Å². The molecular weight excluding hydrogens is 296 g/mol. The molecule has 0 unspecified atom stereocenters. The Bertz CT molecular complexity index is 306. The fourth-order valence-corrected chi connectivity index (χ4v) is 3.57. The van der Waals surface area contributed by atoms with Crippen molar-refractivity contribution in [2.75, 3.05) is 33.2 Å². The summed E-state index contributed by atoms with van der Waals surface area (Å²) in [4.78, 5) is 16.7. The smallest absolute Gasteiger partial charge is 0.222 e. The summed E-state index contributed by atoms with van der Waals surface area (Å²) in [6.07, 6.45) is 18.1. The van der Waals surface area contributed by atoms with Crippen molar-refractivity contribution in [2.24, 2.45) is 0 Å². The average Bonchev–Trinajstić information content (AvgIpc) is 2.80. The SMILES string of the molecule is CCCCCCCCCCCCCCC(=O)N1CCCN(C)CC1. The predicted octanol–water partition coefficient (Wildman–Crippen LogP) is 5.24. The van der Waals surface area contributed by atoms with Crippen molar-refractivity contribution in [3.8, 4) is 0 Å². The summed E-state index contributed by atoms with van der Waals surface area (Å²) in [5.74, 6) is 0.386. The van der Waals surface area contributed by atoms with E-state index >= 15 is 0 Å². The van der Waals surface area contributed by atoms with Crippen LogP contribution in [-0.2, 0) is 4.79 Å². The topological polar surface area (TPSA) is 23.6 Å². The van der Waals surface area contributed by atoms with E-state index in [0.29, 0.717) is 5.91 Å². The largest absolute Gasteiger partial charge is 0.341 e. The van der Waals surface area contributed by atoms with Gasteiger partial charge in [-0.25, -0.2) is 0 Å². The fraction of sp³-hybridized carbons (Fsp3) is 0.952. The number of nitrogens with zero attached hydrogens (tertiary/aromatic N) is 2. The second-order valence-electron chi connectivity index (χ2n) is 7.68. The minimum absolute atomic E-state index is 0.386. The zero-order valence-electron chi connectivity index (χ0n) is 16.5. The fourth-order valence-electron chi connectivity index (χ4n) is 3.57. The Hall–Kier alpha value is -0.570. The van der Waals surface area contributed by atoms with Crippen molar-refractivity contribution in [1.82, 2.24) is 9.80 Å². The van der Waals surface area contributed by atoms with Gasteiger partial charge in [-0.1, -0.05) is 77.6 Å². The first kappa shape index (κ1) is 21.5. The molecule has 0 aliphatic carbocycles. The highest BCUT2D eigenvalue weighted by Crippen LogP contribution is 2.13. The van der Waals surface area contributed by atoms with Crippen molar-refractivity contribution in [3.63, 3.8) is 0 Å². The van der Waals surface area contributed by atoms with E-state index in [2.05, 4.69) is 23.8 Å². The molecule has 1 aliphatic rings. The highest BCUT2D eigenvalue weighted by Gasteiger charge is 2.16. The van der Waals surface area contributed by atoms with Crippen molar-refractivity contribution < 1.29 is 4.79 Å². The van der Waals surface area contributed by atoms with Crippen molar-refractivity contribution in [2.45, 2.75) is 96.8 Å². The number of carbonyl (C=O) groups is 1. The molecule has 1 aliphatic heterocycles. The van der Waals surface area contributed by atoms with Crippen LogP contribution in [0.5, 0.6) is 0 Å². The lowest BCUT2D eigenvalue weighted by atomic mass is 10.0. The number of hydrogen-bond acceptors (Lipinski definition) is 2. The zero-order valence-corrected chi connectivity index (χ0v) is 16.5. The molecule has 24 heavy (non-hydrogen) atoms. The van der Waals surface area contributed by atoms with Gasteiger partial charge < -0.3 is 9.80 Å². The quantitative estimate of drug-likeness (QED) is 0.429. The third-order valence-corrected chi connectivity index (χ3v) is 5.32. The van der Waals surface area contributed by atoms with Crippen molar-refractivity contribution >= 4 is 5.91 Å². The highest BCUT2D eigenvalue weighted by molar-refractivity contribution is 5.76. The van der Waals surface area contributed by atoms with E-state index in [1.165, 1.54) is 70.6 Å². The molecule has 0 atom stereocenters. The number of hydrogen-bond donors (Lipinski definition) is 0. The maximum atomic E-state index is 12.2. The normalized spacial score (nSPS) is 16.3. The molecule has 0 aromatic rings. The van der Waals surface area contributed by atoms with Gasteiger partial charge in [-0.3, -0.25) is 4.79 Å². The summed E-state index contributed by atoms with van der Waals surface area (Å²) < 4.78 is 0. The number of likely N-dealkylation sites (N-methyl/N-ethyl adjacent to an activating group) is 1. The lowest BCUT2D eigenvalue weighted by molar-refractivity contribution is -0.131. The summed E-state index contributed by atoms with van der Waals surface area (Å²) in [5.41, 5.74) is 0. The maximum absolute atomic E-state index is 12.2. The molecule has 1 saturated heterocycles. The van der Waals surface area contributed by atoms with Gasteiger partial charge >= 0.3 is 0 Å². The van der Waals surface area contributed by atoms with Crippen LogP contribution in [0.15, 0.2) is 0 Å². The summed E-state index contributed by atoms with van der Waals surface area (Å²) in [5, 5.41) is 0. The Kier molecular flexibility index (Phi) is 13.2. The summed E-state index contributed by atoms with van der Waals surface area (Å²) in [7, 11) is 2.15. The Labute approximate surface area is 151 Å². The lowest BCUT2D eigenvalue weighted by Crippen LogP contribution is -2.34. The first-order valence-electron chi connectivity index (χ1n) is 10.7. The molecular formula is C21H42N2O. The summed E-state index contributed by atoms with van der Waals surface area (Å²) in [6, 6.07) is 0. The van der Waals surface area contributed by atoms with Crippen LogP contribution in [0.3, 0.4) is 0 Å². The molecule has 0 bridgehead atoms. The molecule has 0 aromatic heterocycles. The monoisotopic (exact) mass is 338 g/mol. The zero-order chi connectivity index (χ0) is 17.5. The molecule has 0 N–H and O–H groups in total. The van der Waals surface area contributed by atoms with Gasteiger partial charge in [0.15, 0.2) is 0 Å². The minimum atomic E-state index is 0.386. The van der Waals surface area contributed by atoms with Crippen LogP contribution in [0.25, 0.3) is 0 Å². The van der Waals surface area contributed by atoms with E-state index in [1.807, 2.05) is 0 Å². The summed E-state index contributed by atoms with van der Waals surface area (Å²) >= 11 is 0. The molecule has 1 heterocycles. The van der Waals surface area contributed by atoms with Gasteiger partial charge in [-0.2, -0.15) is 0 Å². The lowest BCUT2D eigenvalue weighted by Gasteiger charge is -2.20.